The molecule has 0 bridgehead atoms. The molecule has 0 saturated heterocycles. The van der Waals surface area contributed by atoms with Crippen molar-refractivity contribution in [1.29, 1.82) is 0 Å². The fourth-order valence-corrected chi connectivity index (χ4v) is 9.20. The molecule has 0 N–H and O–H groups in total. The third-order valence-corrected chi connectivity index (χ3v) is 12.7. The Labute approximate surface area is 236 Å². The van der Waals surface area contributed by atoms with E-state index in [1.165, 1.54) is 50.8 Å². The van der Waals surface area contributed by atoms with Crippen LogP contribution in [-0.4, -0.2) is 46.3 Å². The van der Waals surface area contributed by atoms with E-state index in [2.05, 4.69) is 40.5 Å². The van der Waals surface area contributed by atoms with Gasteiger partial charge < -0.3 is 0 Å². The number of allylic oxidation sites excluding steroid dienone is 4. The van der Waals surface area contributed by atoms with Crippen molar-refractivity contribution in [2.24, 2.45) is 4.40 Å². The lowest BCUT2D eigenvalue weighted by atomic mass is 10.1. The maximum absolute atomic E-state index is 13.0. The standard InChI is InChI=1S/C29H48N2O4S3/c1-4-6-7-8-9-10-11-12-13-14-15-16-17-18-19-20-22-30-38(34,35)28-24-27-25-31(5-2)23-21-26(3)37(32,33)29(27)36-28/h9-10,12-13,22,24,26H,4-8,11,14-21,23,25H2,1-3H3/b10-9+,13-12+,30-22?/t26-/m0/s1. The quantitative estimate of drug-likeness (QED) is 0.106. The van der Waals surface area contributed by atoms with Gasteiger partial charge >= 0.3 is 0 Å². The van der Waals surface area contributed by atoms with E-state index in [9.17, 15) is 16.8 Å². The van der Waals surface area contributed by atoms with Gasteiger partial charge in [-0.3, -0.25) is 4.90 Å². The zero-order chi connectivity index (χ0) is 27.9. The minimum atomic E-state index is -3.90. The van der Waals surface area contributed by atoms with Crippen LogP contribution in [0.25, 0.3) is 0 Å². The van der Waals surface area contributed by atoms with Crippen LogP contribution in [0.5, 0.6) is 0 Å². The van der Waals surface area contributed by atoms with E-state index >= 15 is 0 Å². The SMILES string of the molecule is CCCCC/C=C/C/C=C/CCCCCCCC=NS(=O)(=O)c1cc2c(s1)S(=O)(=O)[C@@H](C)CCN(CC)C2. The average molecular weight is 585 g/mol. The molecule has 2 rings (SSSR count). The van der Waals surface area contributed by atoms with Gasteiger partial charge in [-0.15, -0.1) is 11.3 Å². The van der Waals surface area contributed by atoms with Gasteiger partial charge in [0.2, 0.25) is 0 Å². The Morgan fingerprint density at radius 1 is 0.974 bits per heavy atom. The summed E-state index contributed by atoms with van der Waals surface area (Å²) in [5.74, 6) is 0. The van der Waals surface area contributed by atoms with Crippen molar-refractivity contribution < 1.29 is 16.8 Å². The van der Waals surface area contributed by atoms with Crippen LogP contribution in [-0.2, 0) is 26.4 Å². The van der Waals surface area contributed by atoms with Crippen LogP contribution in [0.2, 0.25) is 0 Å². The van der Waals surface area contributed by atoms with E-state index in [-0.39, 0.29) is 8.42 Å². The molecule has 1 aromatic rings. The van der Waals surface area contributed by atoms with E-state index in [4.69, 9.17) is 0 Å². The normalized spacial score (nSPS) is 18.9. The Bertz CT molecular complexity index is 1120. The van der Waals surface area contributed by atoms with Crippen molar-refractivity contribution in [2.45, 2.75) is 124 Å². The first-order valence-electron chi connectivity index (χ1n) is 14.4. The number of hydrogen-bond acceptors (Lipinski definition) is 6. The largest absolute Gasteiger partial charge is 0.299 e. The van der Waals surface area contributed by atoms with Gasteiger partial charge in [0.25, 0.3) is 10.0 Å². The van der Waals surface area contributed by atoms with Crippen LogP contribution >= 0.6 is 11.3 Å². The zero-order valence-electron chi connectivity index (χ0n) is 23.6. The molecule has 0 spiro atoms. The first-order chi connectivity index (χ1) is 18.2. The summed E-state index contributed by atoms with van der Waals surface area (Å²) < 4.78 is 55.7. The average Bonchev–Trinajstić information content (AvgIpc) is 3.33. The second-order valence-electron chi connectivity index (χ2n) is 10.2. The summed E-state index contributed by atoms with van der Waals surface area (Å²) in [4.78, 5) is 2.15. The predicted octanol–water partition coefficient (Wildman–Crippen LogP) is 7.71. The first-order valence-corrected chi connectivity index (χ1v) is 18.2. The van der Waals surface area contributed by atoms with Gasteiger partial charge in [-0.05, 0) is 83.0 Å². The molecule has 0 radical (unpaired) electrons. The van der Waals surface area contributed by atoms with Crippen LogP contribution in [0.1, 0.15) is 110 Å². The third-order valence-electron chi connectivity index (χ3n) is 6.98. The Morgan fingerprint density at radius 3 is 2.26 bits per heavy atom. The topological polar surface area (TPSA) is 83.9 Å². The minimum absolute atomic E-state index is 0.0208. The van der Waals surface area contributed by atoms with Gasteiger partial charge in [-0.25, -0.2) is 8.42 Å². The Hall–Kier alpha value is -1.29. The lowest BCUT2D eigenvalue weighted by Gasteiger charge is -2.25. The van der Waals surface area contributed by atoms with E-state index < -0.39 is 25.1 Å². The van der Waals surface area contributed by atoms with Gasteiger partial charge in [0.1, 0.15) is 8.42 Å². The molecule has 2 heterocycles. The molecule has 216 valence electrons. The smallest absolute Gasteiger partial charge is 0.291 e. The highest BCUT2D eigenvalue weighted by atomic mass is 32.3. The van der Waals surface area contributed by atoms with E-state index in [1.807, 2.05) is 6.92 Å². The maximum atomic E-state index is 13.0. The third kappa shape index (κ3) is 11.1. The van der Waals surface area contributed by atoms with Crippen LogP contribution in [0.15, 0.2) is 43.2 Å². The highest BCUT2D eigenvalue weighted by molar-refractivity contribution is 7.95. The second-order valence-corrected chi connectivity index (χ2v) is 15.6. The number of sulfone groups is 1. The van der Waals surface area contributed by atoms with Crippen LogP contribution in [0, 0.1) is 0 Å². The van der Waals surface area contributed by atoms with E-state index in [1.54, 1.807) is 6.92 Å². The fourth-order valence-electron chi connectivity index (χ4n) is 4.41. The highest BCUT2D eigenvalue weighted by Crippen LogP contribution is 2.36. The molecule has 0 saturated carbocycles. The molecular weight excluding hydrogens is 537 g/mol. The van der Waals surface area contributed by atoms with Crippen molar-refractivity contribution in [3.05, 3.63) is 35.9 Å². The van der Waals surface area contributed by atoms with Gasteiger partial charge in [0.05, 0.1) is 5.25 Å². The molecule has 1 aromatic heterocycles. The number of sulfonamides is 1. The van der Waals surface area contributed by atoms with Crippen molar-refractivity contribution in [1.82, 2.24) is 4.90 Å². The summed E-state index contributed by atoms with van der Waals surface area (Å²) in [7, 11) is -7.43. The van der Waals surface area contributed by atoms with Gasteiger partial charge in [0.15, 0.2) is 9.84 Å². The zero-order valence-corrected chi connectivity index (χ0v) is 26.1. The Balaban J connectivity index is 1.72. The Morgan fingerprint density at radius 2 is 1.61 bits per heavy atom. The monoisotopic (exact) mass is 584 g/mol. The summed E-state index contributed by atoms with van der Waals surface area (Å²) in [6.07, 6.45) is 24.3. The second kappa shape index (κ2) is 17.4. The Kier molecular flexibility index (Phi) is 15.1. The van der Waals surface area contributed by atoms with E-state index in [0.29, 0.717) is 31.5 Å². The number of thiophene rings is 1. The molecule has 38 heavy (non-hydrogen) atoms. The fraction of sp³-hybridized carbons (Fsp3) is 0.690. The van der Waals surface area contributed by atoms with Crippen LogP contribution in [0.3, 0.4) is 0 Å². The number of nitrogens with zero attached hydrogens (tertiary/aromatic N) is 2. The number of fused-ring (bicyclic) bond motifs is 1. The van der Waals surface area contributed by atoms with Crippen molar-refractivity contribution in [2.75, 3.05) is 13.1 Å². The lowest BCUT2D eigenvalue weighted by Crippen LogP contribution is -2.32. The molecule has 1 aliphatic heterocycles. The predicted molar refractivity (Wildman–Crippen MR) is 162 cm³/mol. The molecule has 0 fully saturated rings. The number of hydrogen-bond donors (Lipinski definition) is 0. The van der Waals surface area contributed by atoms with Crippen molar-refractivity contribution in [3.63, 3.8) is 0 Å². The molecule has 0 aromatic carbocycles. The van der Waals surface area contributed by atoms with Crippen LogP contribution in [0.4, 0.5) is 0 Å². The van der Waals surface area contributed by atoms with Gasteiger partial charge in [0, 0.05) is 12.8 Å². The molecule has 0 unspecified atom stereocenters. The number of rotatable bonds is 17. The van der Waals surface area contributed by atoms with Crippen molar-refractivity contribution in [3.8, 4) is 0 Å². The molecule has 9 heteroatoms. The summed E-state index contributed by atoms with van der Waals surface area (Å²) in [5.41, 5.74) is 0.575. The highest BCUT2D eigenvalue weighted by Gasteiger charge is 2.33. The molecule has 6 nitrogen and oxygen atoms in total. The van der Waals surface area contributed by atoms with E-state index in [0.717, 1.165) is 50.0 Å². The van der Waals surface area contributed by atoms with Gasteiger partial charge in [-0.1, -0.05) is 70.3 Å². The summed E-state index contributed by atoms with van der Waals surface area (Å²) in [6, 6.07) is 1.52. The number of unbranched alkanes of at least 4 members (excludes halogenated alkanes) is 9. The molecule has 0 amide bonds. The minimum Gasteiger partial charge on any atom is -0.299 e. The molecule has 0 aliphatic carbocycles. The lowest BCUT2D eigenvalue weighted by molar-refractivity contribution is 0.271. The maximum Gasteiger partial charge on any atom is 0.291 e. The molecule has 1 aliphatic rings. The summed E-state index contributed by atoms with van der Waals surface area (Å²) in [6.45, 7) is 7.87. The van der Waals surface area contributed by atoms with Crippen LogP contribution < -0.4 is 0 Å². The van der Waals surface area contributed by atoms with Gasteiger partial charge in [-0.2, -0.15) is 12.8 Å². The summed E-state index contributed by atoms with van der Waals surface area (Å²) in [5, 5.41) is -0.536. The first kappa shape index (κ1) is 32.9. The molecule has 1 atom stereocenters. The van der Waals surface area contributed by atoms with Crippen molar-refractivity contribution >= 4 is 37.4 Å². The molecular formula is C29H48N2O4S3. The summed E-state index contributed by atoms with van der Waals surface area (Å²) >= 11 is 0.852.